The molecular weight excluding hydrogens is 434 g/mol. The SMILES string of the molecule is Cc1c(C(=O)NC2CCN(Cc3ccccc3)CC2)cnc2cc(-c3ccccc3Cl)nn12. The summed E-state index contributed by atoms with van der Waals surface area (Å²) < 4.78 is 1.72. The lowest BCUT2D eigenvalue weighted by atomic mass is 10.0. The van der Waals surface area contributed by atoms with Crippen LogP contribution in [0.3, 0.4) is 0 Å². The van der Waals surface area contributed by atoms with Crippen molar-refractivity contribution in [3.8, 4) is 11.3 Å². The Morgan fingerprint density at radius 2 is 1.82 bits per heavy atom. The highest BCUT2D eigenvalue weighted by Gasteiger charge is 2.23. The van der Waals surface area contributed by atoms with E-state index in [1.54, 1.807) is 10.7 Å². The van der Waals surface area contributed by atoms with E-state index in [0.717, 1.165) is 49.4 Å². The van der Waals surface area contributed by atoms with Crippen LogP contribution >= 0.6 is 11.6 Å². The fraction of sp³-hybridized carbons (Fsp3) is 0.269. The average Bonchev–Trinajstić information content (AvgIpc) is 3.27. The molecule has 0 radical (unpaired) electrons. The third kappa shape index (κ3) is 4.63. The second-order valence-corrected chi connectivity index (χ2v) is 8.95. The van der Waals surface area contributed by atoms with Gasteiger partial charge >= 0.3 is 0 Å². The molecule has 0 saturated carbocycles. The van der Waals surface area contributed by atoms with Crippen LogP contribution in [-0.2, 0) is 6.54 Å². The molecule has 0 spiro atoms. The molecule has 33 heavy (non-hydrogen) atoms. The number of halogens is 1. The molecule has 2 aromatic carbocycles. The highest BCUT2D eigenvalue weighted by atomic mass is 35.5. The molecule has 2 aromatic heterocycles. The summed E-state index contributed by atoms with van der Waals surface area (Å²) in [4.78, 5) is 20.0. The molecule has 0 aliphatic carbocycles. The molecule has 6 nitrogen and oxygen atoms in total. The standard InChI is InChI=1S/C26H26ClN5O/c1-18-22(16-28-25-15-24(30-32(18)25)21-9-5-6-10-23(21)27)26(33)29-20-11-13-31(14-12-20)17-19-7-3-2-4-8-19/h2-10,15-16,20H,11-14,17H2,1H3,(H,29,33). The molecule has 1 amide bonds. The van der Waals surface area contributed by atoms with Gasteiger partial charge < -0.3 is 5.32 Å². The Hall–Kier alpha value is -3.22. The molecule has 0 bridgehead atoms. The fourth-order valence-electron chi connectivity index (χ4n) is 4.41. The minimum absolute atomic E-state index is 0.0989. The van der Waals surface area contributed by atoms with Gasteiger partial charge in [-0.05, 0) is 31.4 Å². The Morgan fingerprint density at radius 1 is 1.09 bits per heavy atom. The quantitative estimate of drug-likeness (QED) is 0.467. The van der Waals surface area contributed by atoms with Gasteiger partial charge in [-0.1, -0.05) is 60.1 Å². The molecule has 1 fully saturated rings. The van der Waals surface area contributed by atoms with Gasteiger partial charge in [0.15, 0.2) is 5.65 Å². The number of carbonyl (C=O) groups excluding carboxylic acids is 1. The molecule has 1 aliphatic heterocycles. The lowest BCUT2D eigenvalue weighted by Crippen LogP contribution is -2.44. The van der Waals surface area contributed by atoms with Crippen LogP contribution in [0.15, 0.2) is 66.9 Å². The highest BCUT2D eigenvalue weighted by molar-refractivity contribution is 6.33. The van der Waals surface area contributed by atoms with Crippen LogP contribution in [0.4, 0.5) is 0 Å². The Kier molecular flexibility index (Phi) is 6.11. The topological polar surface area (TPSA) is 62.5 Å². The van der Waals surface area contributed by atoms with E-state index < -0.39 is 0 Å². The van der Waals surface area contributed by atoms with Gasteiger partial charge in [0.1, 0.15) is 0 Å². The van der Waals surface area contributed by atoms with E-state index in [9.17, 15) is 4.79 Å². The zero-order valence-electron chi connectivity index (χ0n) is 18.5. The van der Waals surface area contributed by atoms with Crippen LogP contribution in [0.25, 0.3) is 16.9 Å². The summed E-state index contributed by atoms with van der Waals surface area (Å²) in [5.74, 6) is -0.0989. The Morgan fingerprint density at radius 3 is 2.58 bits per heavy atom. The van der Waals surface area contributed by atoms with Crippen LogP contribution in [-0.4, -0.2) is 44.5 Å². The Labute approximate surface area is 198 Å². The molecule has 3 heterocycles. The van der Waals surface area contributed by atoms with Crippen LogP contribution in [0.1, 0.15) is 34.5 Å². The van der Waals surface area contributed by atoms with Gasteiger partial charge in [0.2, 0.25) is 0 Å². The van der Waals surface area contributed by atoms with Gasteiger partial charge in [-0.3, -0.25) is 9.69 Å². The number of rotatable bonds is 5. The van der Waals surface area contributed by atoms with E-state index in [2.05, 4.69) is 44.6 Å². The highest BCUT2D eigenvalue weighted by Crippen LogP contribution is 2.27. The number of aromatic nitrogens is 3. The number of fused-ring (bicyclic) bond motifs is 1. The molecule has 1 saturated heterocycles. The maximum Gasteiger partial charge on any atom is 0.254 e. The van der Waals surface area contributed by atoms with Crippen molar-refractivity contribution >= 4 is 23.2 Å². The van der Waals surface area contributed by atoms with E-state index in [4.69, 9.17) is 11.6 Å². The summed E-state index contributed by atoms with van der Waals surface area (Å²) in [6.07, 6.45) is 3.51. The van der Waals surface area contributed by atoms with E-state index in [1.165, 1.54) is 5.56 Å². The van der Waals surface area contributed by atoms with Gasteiger partial charge in [-0.15, -0.1) is 0 Å². The molecule has 0 unspecified atom stereocenters. The summed E-state index contributed by atoms with van der Waals surface area (Å²) >= 11 is 6.33. The normalized spacial score (nSPS) is 15.1. The predicted octanol–water partition coefficient (Wildman–Crippen LogP) is 4.75. The number of likely N-dealkylation sites (tertiary alicyclic amines) is 1. The van der Waals surface area contributed by atoms with E-state index in [0.29, 0.717) is 16.2 Å². The molecular formula is C26H26ClN5O. The minimum Gasteiger partial charge on any atom is -0.349 e. The number of hydrogen-bond donors (Lipinski definition) is 1. The van der Waals surface area contributed by atoms with Gasteiger partial charge in [0, 0.05) is 43.5 Å². The van der Waals surface area contributed by atoms with Crippen molar-refractivity contribution in [3.63, 3.8) is 0 Å². The van der Waals surface area contributed by atoms with Crippen LogP contribution < -0.4 is 5.32 Å². The molecule has 1 aliphatic rings. The molecule has 0 atom stereocenters. The number of aryl methyl sites for hydroxylation is 1. The van der Waals surface area contributed by atoms with E-state index >= 15 is 0 Å². The summed E-state index contributed by atoms with van der Waals surface area (Å²) in [6, 6.07) is 20.1. The molecule has 1 N–H and O–H groups in total. The number of carbonyl (C=O) groups is 1. The molecule has 168 valence electrons. The van der Waals surface area contributed by atoms with Gasteiger partial charge in [0.25, 0.3) is 5.91 Å². The first-order valence-electron chi connectivity index (χ1n) is 11.3. The maximum absolute atomic E-state index is 13.1. The Bertz CT molecular complexity index is 1280. The molecule has 5 rings (SSSR count). The summed E-state index contributed by atoms with van der Waals surface area (Å²) in [5.41, 5.74) is 4.90. The fourth-order valence-corrected chi connectivity index (χ4v) is 4.64. The smallest absolute Gasteiger partial charge is 0.254 e. The zero-order chi connectivity index (χ0) is 22.8. The van der Waals surface area contributed by atoms with Crippen LogP contribution in [0.5, 0.6) is 0 Å². The second-order valence-electron chi connectivity index (χ2n) is 8.55. The Balaban J connectivity index is 1.26. The minimum atomic E-state index is -0.0989. The summed E-state index contributed by atoms with van der Waals surface area (Å²) in [5, 5.41) is 8.51. The monoisotopic (exact) mass is 459 g/mol. The van der Waals surface area contributed by atoms with Gasteiger partial charge in [-0.2, -0.15) is 5.10 Å². The lowest BCUT2D eigenvalue weighted by molar-refractivity contribution is 0.0907. The van der Waals surface area contributed by atoms with Crippen molar-refractivity contribution in [3.05, 3.63) is 88.7 Å². The number of amides is 1. The number of nitrogens with zero attached hydrogens (tertiary/aromatic N) is 4. The van der Waals surface area contributed by atoms with Crippen LogP contribution in [0, 0.1) is 6.92 Å². The summed E-state index contributed by atoms with van der Waals surface area (Å²) in [6.45, 7) is 4.79. The third-order valence-corrected chi connectivity index (χ3v) is 6.62. The zero-order valence-corrected chi connectivity index (χ0v) is 19.3. The first kappa shape index (κ1) is 21.6. The largest absolute Gasteiger partial charge is 0.349 e. The number of nitrogens with one attached hydrogen (secondary N) is 1. The third-order valence-electron chi connectivity index (χ3n) is 6.29. The van der Waals surface area contributed by atoms with Crippen molar-refractivity contribution in [1.29, 1.82) is 0 Å². The molecule has 4 aromatic rings. The van der Waals surface area contributed by atoms with Crippen molar-refractivity contribution in [2.75, 3.05) is 13.1 Å². The average molecular weight is 460 g/mol. The van der Waals surface area contributed by atoms with E-state index in [1.807, 2.05) is 43.3 Å². The first-order chi connectivity index (χ1) is 16.1. The van der Waals surface area contributed by atoms with Crippen molar-refractivity contribution in [2.45, 2.75) is 32.4 Å². The maximum atomic E-state index is 13.1. The summed E-state index contributed by atoms with van der Waals surface area (Å²) in [7, 11) is 0. The lowest BCUT2D eigenvalue weighted by Gasteiger charge is -2.32. The van der Waals surface area contributed by atoms with Gasteiger partial charge in [-0.25, -0.2) is 9.50 Å². The van der Waals surface area contributed by atoms with Crippen molar-refractivity contribution in [1.82, 2.24) is 24.8 Å². The number of piperidine rings is 1. The first-order valence-corrected chi connectivity index (χ1v) is 11.6. The predicted molar refractivity (Wildman–Crippen MR) is 130 cm³/mol. The molecule has 7 heteroatoms. The second kappa shape index (κ2) is 9.33. The van der Waals surface area contributed by atoms with Crippen molar-refractivity contribution in [2.24, 2.45) is 0 Å². The van der Waals surface area contributed by atoms with Gasteiger partial charge in [0.05, 0.1) is 22.0 Å². The van der Waals surface area contributed by atoms with Crippen LogP contribution in [0.2, 0.25) is 5.02 Å². The van der Waals surface area contributed by atoms with Crippen molar-refractivity contribution < 1.29 is 4.79 Å². The number of hydrogen-bond acceptors (Lipinski definition) is 4. The van der Waals surface area contributed by atoms with E-state index in [-0.39, 0.29) is 11.9 Å². The number of benzene rings is 2.